The molecular formula is C15H15F2N3O. The van der Waals surface area contributed by atoms with Gasteiger partial charge in [0.05, 0.1) is 11.9 Å². The van der Waals surface area contributed by atoms with Crippen LogP contribution >= 0.6 is 0 Å². The fraction of sp³-hybridized carbons (Fsp3) is 0.200. The van der Waals surface area contributed by atoms with Gasteiger partial charge in [-0.1, -0.05) is 6.07 Å². The molecule has 0 atom stereocenters. The first-order valence-corrected chi connectivity index (χ1v) is 6.46. The summed E-state index contributed by atoms with van der Waals surface area (Å²) in [4.78, 5) is 17.8. The Hall–Kier alpha value is -2.50. The number of hydrogen-bond acceptors (Lipinski definition) is 3. The number of hydrogen-bond donors (Lipinski definition) is 1. The molecule has 0 fully saturated rings. The molecule has 4 nitrogen and oxygen atoms in total. The van der Waals surface area contributed by atoms with Crippen molar-refractivity contribution < 1.29 is 13.6 Å². The lowest BCUT2D eigenvalue weighted by Crippen LogP contribution is -2.31. The lowest BCUT2D eigenvalue weighted by molar-refractivity contribution is 0.0746. The first-order valence-electron chi connectivity index (χ1n) is 6.46. The number of benzene rings is 1. The van der Waals surface area contributed by atoms with Crippen molar-refractivity contribution in [2.24, 2.45) is 0 Å². The lowest BCUT2D eigenvalue weighted by Gasteiger charge is -2.20. The van der Waals surface area contributed by atoms with E-state index < -0.39 is 11.6 Å². The molecule has 0 aliphatic heterocycles. The Labute approximate surface area is 121 Å². The molecule has 1 heterocycles. The van der Waals surface area contributed by atoms with Crippen LogP contribution in [-0.2, 0) is 6.54 Å². The summed E-state index contributed by atoms with van der Waals surface area (Å²) < 4.78 is 26.1. The molecule has 0 bridgehead atoms. The standard InChI is InChI=1S/C15H15F2N3O/c1-2-20(9-10-3-5-12(16)13(17)7-10)15(21)14-6-4-11(18)8-19-14/h3-8H,2,9,18H2,1H3. The first kappa shape index (κ1) is 14.9. The Balaban J connectivity index is 2.17. The van der Waals surface area contributed by atoms with Gasteiger partial charge in [0.25, 0.3) is 5.91 Å². The summed E-state index contributed by atoms with van der Waals surface area (Å²) in [5.41, 5.74) is 6.76. The fourth-order valence-corrected chi connectivity index (χ4v) is 1.88. The highest BCUT2D eigenvalue weighted by Gasteiger charge is 2.16. The number of carbonyl (C=O) groups excluding carboxylic acids is 1. The molecule has 110 valence electrons. The topological polar surface area (TPSA) is 59.2 Å². The molecular weight excluding hydrogens is 276 g/mol. The van der Waals surface area contributed by atoms with E-state index in [0.717, 1.165) is 12.1 Å². The molecule has 1 aromatic carbocycles. The number of nitrogen functional groups attached to an aromatic ring is 1. The minimum atomic E-state index is -0.929. The van der Waals surface area contributed by atoms with Gasteiger partial charge in [-0.3, -0.25) is 4.79 Å². The van der Waals surface area contributed by atoms with E-state index >= 15 is 0 Å². The van der Waals surface area contributed by atoms with Crippen molar-refractivity contribution in [3.63, 3.8) is 0 Å². The van der Waals surface area contributed by atoms with Crippen molar-refractivity contribution in [1.29, 1.82) is 0 Å². The van der Waals surface area contributed by atoms with E-state index in [-0.39, 0.29) is 18.1 Å². The zero-order chi connectivity index (χ0) is 15.4. The van der Waals surface area contributed by atoms with Crippen LogP contribution in [-0.4, -0.2) is 22.3 Å². The molecule has 6 heteroatoms. The van der Waals surface area contributed by atoms with Crippen LogP contribution in [0, 0.1) is 11.6 Å². The van der Waals surface area contributed by atoms with Crippen molar-refractivity contribution in [3.05, 3.63) is 59.4 Å². The molecule has 0 unspecified atom stereocenters. The number of anilines is 1. The summed E-state index contributed by atoms with van der Waals surface area (Å²) in [6, 6.07) is 6.70. The Kier molecular flexibility index (Phi) is 4.47. The molecule has 0 saturated carbocycles. The molecule has 1 amide bonds. The Morgan fingerprint density at radius 3 is 2.57 bits per heavy atom. The SMILES string of the molecule is CCN(Cc1ccc(F)c(F)c1)C(=O)c1ccc(N)cn1. The van der Waals surface area contributed by atoms with Gasteiger partial charge in [-0.15, -0.1) is 0 Å². The van der Waals surface area contributed by atoms with Crippen LogP contribution in [0.25, 0.3) is 0 Å². The van der Waals surface area contributed by atoms with Crippen molar-refractivity contribution in [2.75, 3.05) is 12.3 Å². The van der Waals surface area contributed by atoms with E-state index in [1.54, 1.807) is 13.0 Å². The smallest absolute Gasteiger partial charge is 0.272 e. The van der Waals surface area contributed by atoms with Crippen molar-refractivity contribution in [3.8, 4) is 0 Å². The van der Waals surface area contributed by atoms with Crippen LogP contribution in [0.3, 0.4) is 0 Å². The van der Waals surface area contributed by atoms with E-state index in [9.17, 15) is 13.6 Å². The van der Waals surface area contributed by atoms with E-state index in [4.69, 9.17) is 5.73 Å². The fourth-order valence-electron chi connectivity index (χ4n) is 1.88. The predicted octanol–water partition coefficient (Wildman–Crippen LogP) is 2.60. The molecule has 0 radical (unpaired) electrons. The quantitative estimate of drug-likeness (QED) is 0.942. The zero-order valence-electron chi connectivity index (χ0n) is 11.5. The van der Waals surface area contributed by atoms with E-state index in [1.807, 2.05) is 0 Å². The van der Waals surface area contributed by atoms with Gasteiger partial charge in [-0.25, -0.2) is 13.8 Å². The van der Waals surface area contributed by atoms with Gasteiger partial charge in [0, 0.05) is 13.1 Å². The zero-order valence-corrected chi connectivity index (χ0v) is 11.5. The molecule has 21 heavy (non-hydrogen) atoms. The Bertz CT molecular complexity index is 644. The van der Waals surface area contributed by atoms with Gasteiger partial charge in [0.15, 0.2) is 11.6 Å². The third-order valence-corrected chi connectivity index (χ3v) is 3.03. The van der Waals surface area contributed by atoms with E-state index in [1.165, 1.54) is 23.2 Å². The molecule has 0 aliphatic rings. The minimum absolute atomic E-state index is 0.179. The van der Waals surface area contributed by atoms with Crippen LogP contribution in [0.2, 0.25) is 0 Å². The number of rotatable bonds is 4. The predicted molar refractivity (Wildman–Crippen MR) is 75.4 cm³/mol. The molecule has 2 aromatic rings. The second kappa shape index (κ2) is 6.30. The summed E-state index contributed by atoms with van der Waals surface area (Å²) in [6.45, 7) is 2.40. The molecule has 0 saturated heterocycles. The van der Waals surface area contributed by atoms with Gasteiger partial charge < -0.3 is 10.6 Å². The van der Waals surface area contributed by atoms with Crippen LogP contribution in [0.5, 0.6) is 0 Å². The van der Waals surface area contributed by atoms with Gasteiger partial charge in [-0.2, -0.15) is 0 Å². The molecule has 2 rings (SSSR count). The lowest BCUT2D eigenvalue weighted by atomic mass is 10.2. The Morgan fingerprint density at radius 1 is 1.24 bits per heavy atom. The maximum Gasteiger partial charge on any atom is 0.272 e. The van der Waals surface area contributed by atoms with Crippen LogP contribution in [0.4, 0.5) is 14.5 Å². The summed E-state index contributed by atoms with van der Waals surface area (Å²) in [6.07, 6.45) is 1.40. The number of nitrogens with two attached hydrogens (primary N) is 1. The monoisotopic (exact) mass is 291 g/mol. The van der Waals surface area contributed by atoms with Crippen molar-refractivity contribution in [2.45, 2.75) is 13.5 Å². The minimum Gasteiger partial charge on any atom is -0.397 e. The van der Waals surface area contributed by atoms with E-state index in [0.29, 0.717) is 17.8 Å². The van der Waals surface area contributed by atoms with Gasteiger partial charge in [-0.05, 0) is 36.8 Å². The van der Waals surface area contributed by atoms with Gasteiger partial charge >= 0.3 is 0 Å². The summed E-state index contributed by atoms with van der Waals surface area (Å²) in [7, 11) is 0. The van der Waals surface area contributed by atoms with Gasteiger partial charge in [0.1, 0.15) is 5.69 Å². The maximum absolute atomic E-state index is 13.2. The van der Waals surface area contributed by atoms with Crippen molar-refractivity contribution >= 4 is 11.6 Å². The third-order valence-electron chi connectivity index (χ3n) is 3.03. The molecule has 0 aliphatic carbocycles. The highest BCUT2D eigenvalue weighted by atomic mass is 19.2. The summed E-state index contributed by atoms with van der Waals surface area (Å²) in [5.74, 6) is -2.13. The van der Waals surface area contributed by atoms with Crippen molar-refractivity contribution in [1.82, 2.24) is 9.88 Å². The second-order valence-corrected chi connectivity index (χ2v) is 4.54. The normalized spacial score (nSPS) is 10.4. The summed E-state index contributed by atoms with van der Waals surface area (Å²) >= 11 is 0. The largest absolute Gasteiger partial charge is 0.397 e. The number of pyridine rings is 1. The van der Waals surface area contributed by atoms with Crippen LogP contribution < -0.4 is 5.73 Å². The number of amides is 1. The van der Waals surface area contributed by atoms with Gasteiger partial charge in [0.2, 0.25) is 0 Å². The molecule has 2 N–H and O–H groups in total. The summed E-state index contributed by atoms with van der Waals surface area (Å²) in [5, 5.41) is 0. The Morgan fingerprint density at radius 2 is 2.00 bits per heavy atom. The average molecular weight is 291 g/mol. The highest BCUT2D eigenvalue weighted by molar-refractivity contribution is 5.92. The van der Waals surface area contributed by atoms with Crippen LogP contribution in [0.1, 0.15) is 23.0 Å². The highest BCUT2D eigenvalue weighted by Crippen LogP contribution is 2.13. The number of carbonyl (C=O) groups is 1. The first-order chi connectivity index (χ1) is 10.0. The number of halogens is 2. The van der Waals surface area contributed by atoms with Crippen LogP contribution in [0.15, 0.2) is 36.5 Å². The van der Waals surface area contributed by atoms with E-state index in [2.05, 4.69) is 4.98 Å². The molecule has 0 spiro atoms. The maximum atomic E-state index is 13.2. The third kappa shape index (κ3) is 3.53. The molecule has 1 aromatic heterocycles. The number of nitrogens with zero attached hydrogens (tertiary/aromatic N) is 2. The number of aromatic nitrogens is 1. The second-order valence-electron chi connectivity index (χ2n) is 4.54. The average Bonchev–Trinajstić information content (AvgIpc) is 2.48.